The van der Waals surface area contributed by atoms with Gasteiger partial charge in [-0.25, -0.2) is 14.2 Å². The number of nitriles is 1. The Morgan fingerprint density at radius 1 is 1.36 bits per heavy atom. The number of anilines is 1. The molecule has 7 heteroatoms. The number of carbonyl (C=O) groups is 1. The van der Waals surface area contributed by atoms with Crippen LogP contribution in [-0.4, -0.2) is 47.8 Å². The average molecular weight is 306 g/mol. The highest BCUT2D eigenvalue weighted by Crippen LogP contribution is 2.19. The lowest BCUT2D eigenvalue weighted by atomic mass is 10.2. The number of amides is 1. The fourth-order valence-electron chi connectivity index (χ4n) is 2.15. The molecule has 2 rings (SSSR count). The molecule has 6 nitrogen and oxygen atoms in total. The number of piperazine rings is 1. The van der Waals surface area contributed by atoms with Crippen molar-refractivity contribution in [3.8, 4) is 6.07 Å². The molecule has 0 aliphatic carbocycles. The summed E-state index contributed by atoms with van der Waals surface area (Å²) in [4.78, 5) is 19.3. The van der Waals surface area contributed by atoms with Gasteiger partial charge < -0.3 is 14.5 Å². The van der Waals surface area contributed by atoms with E-state index in [2.05, 4.69) is 4.98 Å². The van der Waals surface area contributed by atoms with Crippen molar-refractivity contribution in [2.75, 3.05) is 31.1 Å². The number of halogens is 1. The second-order valence-electron chi connectivity index (χ2n) is 6.10. The quantitative estimate of drug-likeness (QED) is 0.795. The van der Waals surface area contributed by atoms with Gasteiger partial charge in [0.15, 0.2) is 11.6 Å². The highest BCUT2D eigenvalue weighted by atomic mass is 19.1. The van der Waals surface area contributed by atoms with Crippen molar-refractivity contribution in [2.45, 2.75) is 26.4 Å². The van der Waals surface area contributed by atoms with Gasteiger partial charge in [-0.2, -0.15) is 5.26 Å². The van der Waals surface area contributed by atoms with Gasteiger partial charge in [0.25, 0.3) is 0 Å². The Labute approximate surface area is 129 Å². The molecule has 1 aromatic rings. The van der Waals surface area contributed by atoms with E-state index in [1.54, 1.807) is 9.80 Å². The molecule has 22 heavy (non-hydrogen) atoms. The fourth-order valence-corrected chi connectivity index (χ4v) is 2.15. The molecule has 0 aromatic carbocycles. The van der Waals surface area contributed by atoms with E-state index in [4.69, 9.17) is 10.00 Å². The van der Waals surface area contributed by atoms with Gasteiger partial charge in [0.05, 0.1) is 5.56 Å². The van der Waals surface area contributed by atoms with E-state index in [1.165, 1.54) is 12.3 Å². The number of pyridine rings is 1. The van der Waals surface area contributed by atoms with Crippen molar-refractivity contribution in [3.63, 3.8) is 0 Å². The molecular formula is C15H19FN4O2. The Morgan fingerprint density at radius 2 is 2.00 bits per heavy atom. The van der Waals surface area contributed by atoms with E-state index < -0.39 is 11.4 Å². The maximum atomic E-state index is 13.9. The predicted molar refractivity (Wildman–Crippen MR) is 78.9 cm³/mol. The largest absolute Gasteiger partial charge is 0.444 e. The third-order valence-corrected chi connectivity index (χ3v) is 3.18. The fraction of sp³-hybridized carbons (Fsp3) is 0.533. The lowest BCUT2D eigenvalue weighted by Gasteiger charge is -2.36. The van der Waals surface area contributed by atoms with Crippen LogP contribution in [0.4, 0.5) is 15.0 Å². The van der Waals surface area contributed by atoms with Crippen molar-refractivity contribution >= 4 is 11.9 Å². The molecule has 1 aromatic heterocycles. The predicted octanol–water partition coefficient (Wildman–Crippen LogP) is 2.15. The molecule has 2 heterocycles. The van der Waals surface area contributed by atoms with Crippen LogP contribution in [0.5, 0.6) is 0 Å². The number of ether oxygens (including phenoxy) is 1. The van der Waals surface area contributed by atoms with Gasteiger partial charge in [0.1, 0.15) is 11.7 Å². The SMILES string of the molecule is CC(C)(C)OC(=O)N1CCN(c2ncc(C#N)cc2F)CC1. The maximum Gasteiger partial charge on any atom is 0.410 e. The van der Waals surface area contributed by atoms with Gasteiger partial charge in [-0.3, -0.25) is 0 Å². The summed E-state index contributed by atoms with van der Waals surface area (Å²) in [5.74, 6) is -0.312. The second kappa shape index (κ2) is 6.18. The van der Waals surface area contributed by atoms with Crippen molar-refractivity contribution in [3.05, 3.63) is 23.6 Å². The van der Waals surface area contributed by atoms with Crippen LogP contribution in [0.1, 0.15) is 26.3 Å². The molecule has 0 spiro atoms. The van der Waals surface area contributed by atoms with Crippen LogP contribution < -0.4 is 4.90 Å². The van der Waals surface area contributed by atoms with Crippen LogP contribution in [-0.2, 0) is 4.74 Å². The van der Waals surface area contributed by atoms with Gasteiger partial charge in [-0.1, -0.05) is 0 Å². The van der Waals surface area contributed by atoms with Crippen LogP contribution in [0.15, 0.2) is 12.3 Å². The van der Waals surface area contributed by atoms with E-state index in [0.29, 0.717) is 26.2 Å². The van der Waals surface area contributed by atoms with Crippen LogP contribution in [0.25, 0.3) is 0 Å². The molecular weight excluding hydrogens is 287 g/mol. The Balaban J connectivity index is 1.98. The van der Waals surface area contributed by atoms with Crippen LogP contribution >= 0.6 is 0 Å². The van der Waals surface area contributed by atoms with E-state index >= 15 is 0 Å². The Hall–Kier alpha value is -2.36. The minimum Gasteiger partial charge on any atom is -0.444 e. The first-order valence-corrected chi connectivity index (χ1v) is 7.08. The first-order chi connectivity index (χ1) is 10.3. The minimum absolute atomic E-state index is 0.189. The van der Waals surface area contributed by atoms with Crippen molar-refractivity contribution in [2.24, 2.45) is 0 Å². The smallest absolute Gasteiger partial charge is 0.410 e. The molecule has 1 aliphatic rings. The average Bonchev–Trinajstić information content (AvgIpc) is 2.45. The van der Waals surface area contributed by atoms with Gasteiger partial charge in [-0.05, 0) is 26.8 Å². The number of carbonyl (C=O) groups excluding carboxylic acids is 1. The van der Waals surface area contributed by atoms with Crippen molar-refractivity contribution in [1.29, 1.82) is 5.26 Å². The molecule has 0 N–H and O–H groups in total. The summed E-state index contributed by atoms with van der Waals surface area (Å²) < 4.78 is 19.3. The maximum absolute atomic E-state index is 13.9. The number of hydrogen-bond acceptors (Lipinski definition) is 5. The third kappa shape index (κ3) is 3.85. The van der Waals surface area contributed by atoms with E-state index in [9.17, 15) is 9.18 Å². The molecule has 1 fully saturated rings. The monoisotopic (exact) mass is 306 g/mol. The van der Waals surface area contributed by atoms with Gasteiger partial charge >= 0.3 is 6.09 Å². The molecule has 1 aliphatic heterocycles. The van der Waals surface area contributed by atoms with Crippen LogP contribution in [0, 0.1) is 17.1 Å². The molecule has 0 saturated carbocycles. The zero-order chi connectivity index (χ0) is 16.3. The summed E-state index contributed by atoms with van der Waals surface area (Å²) in [5.41, 5.74) is -0.344. The third-order valence-electron chi connectivity index (χ3n) is 3.18. The molecule has 0 unspecified atom stereocenters. The summed E-state index contributed by atoms with van der Waals surface area (Å²) in [7, 11) is 0. The number of aromatic nitrogens is 1. The molecule has 118 valence electrons. The van der Waals surface area contributed by atoms with Gasteiger partial charge in [0, 0.05) is 32.4 Å². The van der Waals surface area contributed by atoms with Crippen LogP contribution in [0.2, 0.25) is 0 Å². The number of hydrogen-bond donors (Lipinski definition) is 0. The van der Waals surface area contributed by atoms with Crippen molar-refractivity contribution in [1.82, 2.24) is 9.88 Å². The summed E-state index contributed by atoms with van der Waals surface area (Å²) in [6.45, 7) is 7.27. The Kier molecular flexibility index (Phi) is 4.50. The van der Waals surface area contributed by atoms with E-state index in [1.807, 2.05) is 26.8 Å². The van der Waals surface area contributed by atoms with Crippen molar-refractivity contribution < 1.29 is 13.9 Å². The number of nitrogens with zero attached hydrogens (tertiary/aromatic N) is 4. The van der Waals surface area contributed by atoms with Crippen LogP contribution in [0.3, 0.4) is 0 Å². The van der Waals surface area contributed by atoms with E-state index in [0.717, 1.165) is 0 Å². The number of rotatable bonds is 1. The summed E-state index contributed by atoms with van der Waals surface area (Å²) in [6, 6.07) is 3.02. The molecule has 1 amide bonds. The first kappa shape index (κ1) is 16.0. The zero-order valence-electron chi connectivity index (χ0n) is 13.0. The lowest BCUT2D eigenvalue weighted by molar-refractivity contribution is 0.0240. The molecule has 0 atom stereocenters. The first-order valence-electron chi connectivity index (χ1n) is 7.08. The zero-order valence-corrected chi connectivity index (χ0v) is 13.0. The van der Waals surface area contributed by atoms with Gasteiger partial charge in [-0.15, -0.1) is 0 Å². The second-order valence-corrected chi connectivity index (χ2v) is 6.10. The highest BCUT2D eigenvalue weighted by Gasteiger charge is 2.27. The minimum atomic E-state index is -0.533. The normalized spacial score (nSPS) is 15.4. The molecule has 1 saturated heterocycles. The molecule has 0 bridgehead atoms. The topological polar surface area (TPSA) is 69.5 Å². The summed E-state index contributed by atoms with van der Waals surface area (Å²) in [5, 5.41) is 8.72. The standard InChI is InChI=1S/C15H19FN4O2/c1-15(2,3)22-14(21)20-6-4-19(5-7-20)13-12(16)8-11(9-17)10-18-13/h8,10H,4-7H2,1-3H3. The Bertz CT molecular complexity index is 599. The Morgan fingerprint density at radius 3 is 2.50 bits per heavy atom. The summed E-state index contributed by atoms with van der Waals surface area (Å²) >= 11 is 0. The summed E-state index contributed by atoms with van der Waals surface area (Å²) in [6.07, 6.45) is 0.985. The lowest BCUT2D eigenvalue weighted by Crippen LogP contribution is -2.50. The van der Waals surface area contributed by atoms with Gasteiger partial charge in [0.2, 0.25) is 0 Å². The highest BCUT2D eigenvalue weighted by molar-refractivity contribution is 5.68. The van der Waals surface area contributed by atoms with E-state index in [-0.39, 0.29) is 17.5 Å². The molecule has 0 radical (unpaired) electrons.